The van der Waals surface area contributed by atoms with Crippen LogP contribution in [0.4, 0.5) is 10.7 Å². The number of para-hydroxylation sites is 1. The molecule has 31 heavy (non-hydrogen) atoms. The second kappa shape index (κ2) is 9.40. The number of carbonyl (C=O) groups is 3. The van der Waals surface area contributed by atoms with E-state index in [1.807, 2.05) is 0 Å². The van der Waals surface area contributed by atoms with Crippen molar-refractivity contribution in [3.8, 4) is 0 Å². The van der Waals surface area contributed by atoms with Crippen LogP contribution in [-0.4, -0.2) is 17.8 Å². The van der Waals surface area contributed by atoms with Gasteiger partial charge < -0.3 is 20.5 Å². The number of carboxylic acid groups (broad SMARTS) is 1. The molecule has 3 rings (SSSR count). The largest absolute Gasteiger partial charge is 0.550 e. The topological polar surface area (TPSA) is 98.3 Å². The summed E-state index contributed by atoms with van der Waals surface area (Å²) < 4.78 is 0. The number of hydrogen-bond acceptors (Lipinski definition) is 5. The van der Waals surface area contributed by atoms with Crippen LogP contribution >= 0.6 is 22.9 Å². The van der Waals surface area contributed by atoms with Crippen LogP contribution in [0.1, 0.15) is 60.8 Å². The van der Waals surface area contributed by atoms with Crippen molar-refractivity contribution in [1.29, 1.82) is 0 Å². The minimum absolute atomic E-state index is 0.138. The van der Waals surface area contributed by atoms with Crippen LogP contribution in [0, 0.1) is 11.3 Å². The van der Waals surface area contributed by atoms with Gasteiger partial charge in [0.2, 0.25) is 5.91 Å². The number of nitrogens with one attached hydrogen (secondary N) is 2. The smallest absolute Gasteiger partial charge is 0.258 e. The van der Waals surface area contributed by atoms with Gasteiger partial charge in [-0.05, 0) is 54.7 Å². The van der Waals surface area contributed by atoms with Crippen LogP contribution in [-0.2, 0) is 22.4 Å². The summed E-state index contributed by atoms with van der Waals surface area (Å²) in [7, 11) is 0. The van der Waals surface area contributed by atoms with Crippen molar-refractivity contribution in [3.63, 3.8) is 0 Å². The maximum absolute atomic E-state index is 13.2. The van der Waals surface area contributed by atoms with Gasteiger partial charge in [-0.1, -0.05) is 44.5 Å². The molecule has 1 aromatic heterocycles. The number of halogens is 1. The van der Waals surface area contributed by atoms with Crippen LogP contribution in [0.25, 0.3) is 0 Å². The van der Waals surface area contributed by atoms with E-state index in [9.17, 15) is 19.5 Å². The molecule has 0 saturated heterocycles. The molecule has 1 aliphatic rings. The fourth-order valence-corrected chi connectivity index (χ4v) is 5.33. The average Bonchev–Trinajstić information content (AvgIpc) is 3.04. The van der Waals surface area contributed by atoms with Gasteiger partial charge in [0, 0.05) is 17.3 Å². The number of thiophene rings is 1. The van der Waals surface area contributed by atoms with Crippen molar-refractivity contribution >= 4 is 51.4 Å². The molecule has 2 amide bonds. The lowest BCUT2D eigenvalue weighted by Gasteiger charge is -2.33. The van der Waals surface area contributed by atoms with Crippen molar-refractivity contribution in [2.24, 2.45) is 11.3 Å². The van der Waals surface area contributed by atoms with E-state index in [0.717, 1.165) is 29.7 Å². The Balaban J connectivity index is 1.92. The highest BCUT2D eigenvalue weighted by Crippen LogP contribution is 2.44. The van der Waals surface area contributed by atoms with Crippen LogP contribution in [0.3, 0.4) is 0 Å². The first-order chi connectivity index (χ1) is 14.6. The molecule has 2 N–H and O–H groups in total. The Morgan fingerprint density at radius 2 is 1.87 bits per heavy atom. The second-order valence-corrected chi connectivity index (χ2v) is 10.4. The average molecular weight is 462 g/mol. The fourth-order valence-electron chi connectivity index (χ4n) is 3.81. The molecule has 0 unspecified atom stereocenters. The van der Waals surface area contributed by atoms with E-state index < -0.39 is 11.9 Å². The van der Waals surface area contributed by atoms with E-state index in [1.165, 1.54) is 11.3 Å². The molecule has 0 radical (unpaired) electrons. The normalized spacial score (nSPS) is 15.8. The number of benzene rings is 1. The summed E-state index contributed by atoms with van der Waals surface area (Å²) >= 11 is 7.59. The van der Waals surface area contributed by atoms with E-state index in [4.69, 9.17) is 11.6 Å². The fraction of sp³-hybridized carbons (Fsp3) is 0.435. The van der Waals surface area contributed by atoms with Gasteiger partial charge in [0.05, 0.1) is 16.3 Å². The monoisotopic (exact) mass is 461 g/mol. The molecule has 166 valence electrons. The zero-order valence-corrected chi connectivity index (χ0v) is 19.4. The summed E-state index contributed by atoms with van der Waals surface area (Å²) in [6, 6.07) is 6.96. The summed E-state index contributed by atoms with van der Waals surface area (Å²) in [4.78, 5) is 37.3. The first-order valence-corrected chi connectivity index (χ1v) is 11.5. The Bertz CT molecular complexity index is 1010. The number of carboxylic acids is 1. The Hall–Kier alpha value is -2.38. The van der Waals surface area contributed by atoms with Crippen LogP contribution < -0.4 is 15.7 Å². The Morgan fingerprint density at radius 3 is 2.52 bits per heavy atom. The van der Waals surface area contributed by atoms with E-state index in [1.54, 1.807) is 24.3 Å². The van der Waals surface area contributed by atoms with Crippen molar-refractivity contribution in [3.05, 3.63) is 45.3 Å². The highest BCUT2D eigenvalue weighted by molar-refractivity contribution is 7.17. The molecule has 1 aromatic carbocycles. The molecule has 0 saturated carbocycles. The molecule has 0 aliphatic heterocycles. The Kier molecular flexibility index (Phi) is 7.06. The number of amides is 2. The minimum Gasteiger partial charge on any atom is -0.550 e. The lowest BCUT2D eigenvalue weighted by atomic mass is 9.72. The summed E-state index contributed by atoms with van der Waals surface area (Å²) in [6.45, 7) is 6.64. The third-order valence-electron chi connectivity index (χ3n) is 5.65. The molecule has 0 spiro atoms. The number of carbonyl (C=O) groups excluding carboxylic acids is 3. The lowest BCUT2D eigenvalue weighted by molar-refractivity contribution is -0.305. The predicted octanol–water partition coefficient (Wildman–Crippen LogP) is 4.27. The third-order valence-corrected chi connectivity index (χ3v) is 7.15. The lowest BCUT2D eigenvalue weighted by Crippen LogP contribution is -2.27. The van der Waals surface area contributed by atoms with Crippen molar-refractivity contribution < 1.29 is 19.5 Å². The van der Waals surface area contributed by atoms with E-state index in [-0.39, 0.29) is 24.2 Å². The van der Waals surface area contributed by atoms with Gasteiger partial charge in [0.15, 0.2) is 0 Å². The molecule has 1 heterocycles. The molecule has 1 aliphatic carbocycles. The second-order valence-electron chi connectivity index (χ2n) is 8.87. The van der Waals surface area contributed by atoms with Crippen LogP contribution in [0.15, 0.2) is 24.3 Å². The molecule has 0 fully saturated rings. The quantitative estimate of drug-likeness (QED) is 0.670. The maximum atomic E-state index is 13.2. The van der Waals surface area contributed by atoms with Gasteiger partial charge in [0.1, 0.15) is 5.00 Å². The third kappa shape index (κ3) is 5.66. The Labute approximate surface area is 191 Å². The molecule has 6 nitrogen and oxygen atoms in total. The Morgan fingerprint density at radius 1 is 1.16 bits per heavy atom. The number of fused-ring (bicyclic) bond motifs is 1. The molecule has 2 aromatic rings. The SMILES string of the molecule is CC(C)(C)[C@H]1CCc2c(sc(NC(=O)CCC(=O)[O-])c2C(=O)Nc2ccccc2Cl)C1. The molecule has 8 heteroatoms. The van der Waals surface area contributed by atoms with Gasteiger partial charge in [-0.15, -0.1) is 11.3 Å². The molecular weight excluding hydrogens is 436 g/mol. The van der Waals surface area contributed by atoms with Gasteiger partial charge in [0.25, 0.3) is 5.91 Å². The first kappa shape index (κ1) is 23.3. The first-order valence-electron chi connectivity index (χ1n) is 10.3. The van der Waals surface area contributed by atoms with Gasteiger partial charge in [-0.25, -0.2) is 0 Å². The van der Waals surface area contributed by atoms with E-state index in [2.05, 4.69) is 31.4 Å². The number of rotatable bonds is 6. The van der Waals surface area contributed by atoms with Crippen molar-refractivity contribution in [1.82, 2.24) is 0 Å². The van der Waals surface area contributed by atoms with Gasteiger partial charge >= 0.3 is 0 Å². The van der Waals surface area contributed by atoms with Crippen LogP contribution in [0.5, 0.6) is 0 Å². The molecular formula is C23H26ClN2O4S-. The highest BCUT2D eigenvalue weighted by atomic mass is 35.5. The summed E-state index contributed by atoms with van der Waals surface area (Å²) in [6.07, 6.45) is 1.96. The predicted molar refractivity (Wildman–Crippen MR) is 122 cm³/mol. The molecule has 1 atom stereocenters. The number of hydrogen-bond donors (Lipinski definition) is 2. The zero-order valence-electron chi connectivity index (χ0n) is 17.8. The summed E-state index contributed by atoms with van der Waals surface area (Å²) in [5.41, 5.74) is 2.02. The van der Waals surface area contributed by atoms with Crippen molar-refractivity contribution in [2.45, 2.75) is 52.9 Å². The minimum atomic E-state index is -1.29. The standard InChI is InChI=1S/C23H27ClN2O4S/c1-23(2,3)13-8-9-14-17(12-13)31-22(26-18(27)10-11-19(28)29)20(14)21(30)25-16-7-5-4-6-15(16)24/h4-7,13H,8-12H2,1-3H3,(H,25,30)(H,26,27)(H,28,29)/p-1/t13-/m0/s1. The van der Waals surface area contributed by atoms with Gasteiger partial charge in [-0.2, -0.15) is 0 Å². The highest BCUT2D eigenvalue weighted by Gasteiger charge is 2.34. The van der Waals surface area contributed by atoms with Crippen molar-refractivity contribution in [2.75, 3.05) is 10.6 Å². The zero-order chi connectivity index (χ0) is 22.8. The molecule has 0 bridgehead atoms. The van der Waals surface area contributed by atoms with E-state index >= 15 is 0 Å². The number of aliphatic carboxylic acids is 1. The summed E-state index contributed by atoms with van der Waals surface area (Å²) in [5, 5.41) is 17.2. The maximum Gasteiger partial charge on any atom is 0.258 e. The van der Waals surface area contributed by atoms with Crippen LogP contribution in [0.2, 0.25) is 5.02 Å². The van der Waals surface area contributed by atoms with E-state index in [0.29, 0.717) is 27.2 Å². The number of anilines is 2. The summed E-state index contributed by atoms with van der Waals surface area (Å²) in [5.74, 6) is -1.61. The van der Waals surface area contributed by atoms with Gasteiger partial charge in [-0.3, -0.25) is 9.59 Å².